The van der Waals surface area contributed by atoms with Crippen LogP contribution >= 0.6 is 15.9 Å². The number of carbonyl (C=O) groups excluding carboxylic acids is 1. The molecule has 1 N–H and O–H groups in total. The maximum absolute atomic E-state index is 13.0. The number of ether oxygens (including phenoxy) is 1. The Morgan fingerprint density at radius 2 is 2.31 bits per heavy atom. The Balaban J connectivity index is 3.32. The molecule has 0 bridgehead atoms. The number of hydrogen-bond acceptors (Lipinski definition) is 3. The molecule has 0 saturated carbocycles. The average molecular weight is 250 g/mol. The second kappa shape index (κ2) is 3.69. The molecule has 0 fully saturated rings. The topological polar surface area (TPSA) is 59.2 Å². The Hall–Kier alpha value is -1.17. The van der Waals surface area contributed by atoms with Gasteiger partial charge in [-0.05, 0) is 22.0 Å². The largest absolute Gasteiger partial charge is 0.464 e. The first kappa shape index (κ1) is 9.91. The van der Waals surface area contributed by atoms with Gasteiger partial charge in [0.05, 0.1) is 11.6 Å². The molecule has 1 rings (SSSR count). The first-order chi connectivity index (χ1) is 6.06. The second-order valence-corrected chi connectivity index (χ2v) is 3.02. The molecule has 1 aromatic rings. The van der Waals surface area contributed by atoms with E-state index in [-0.39, 0.29) is 4.47 Å². The number of nitrogens with one attached hydrogen (secondary N) is 1. The molecule has 0 aliphatic carbocycles. The van der Waals surface area contributed by atoms with Crippen molar-refractivity contribution in [2.75, 3.05) is 7.11 Å². The summed E-state index contributed by atoms with van der Waals surface area (Å²) in [5.74, 6) is -1.75. The molecule has 0 amide bonds. The number of H-pyrrole nitrogens is 1. The van der Waals surface area contributed by atoms with Gasteiger partial charge in [-0.3, -0.25) is 4.79 Å². The predicted molar refractivity (Wildman–Crippen MR) is 46.1 cm³/mol. The lowest BCUT2D eigenvalue weighted by Crippen LogP contribution is -2.16. The van der Waals surface area contributed by atoms with E-state index in [0.717, 1.165) is 13.2 Å². The molecular formula is C7H5BrFNO3. The second-order valence-electron chi connectivity index (χ2n) is 2.16. The first-order valence-electron chi connectivity index (χ1n) is 3.23. The van der Waals surface area contributed by atoms with Crippen molar-refractivity contribution in [3.63, 3.8) is 0 Å². The van der Waals surface area contributed by atoms with Crippen LogP contribution in [0.1, 0.15) is 10.5 Å². The van der Waals surface area contributed by atoms with E-state index >= 15 is 0 Å². The van der Waals surface area contributed by atoms with Gasteiger partial charge in [-0.1, -0.05) is 0 Å². The quantitative estimate of drug-likeness (QED) is 0.758. The maximum atomic E-state index is 13.0. The van der Waals surface area contributed by atoms with Crippen LogP contribution in [-0.4, -0.2) is 18.1 Å². The van der Waals surface area contributed by atoms with Crippen LogP contribution in [0, 0.1) is 5.82 Å². The molecule has 1 aromatic heterocycles. The zero-order chi connectivity index (χ0) is 10.0. The summed E-state index contributed by atoms with van der Waals surface area (Å²) in [4.78, 5) is 23.8. The number of aromatic nitrogens is 1. The van der Waals surface area contributed by atoms with E-state index in [1.807, 2.05) is 4.98 Å². The van der Waals surface area contributed by atoms with E-state index in [2.05, 4.69) is 20.7 Å². The van der Waals surface area contributed by atoms with Gasteiger partial charge in [0.25, 0.3) is 5.56 Å². The third kappa shape index (κ3) is 1.95. The Labute approximate surface area is 80.9 Å². The number of hydrogen-bond donors (Lipinski definition) is 1. The van der Waals surface area contributed by atoms with Crippen LogP contribution in [0.5, 0.6) is 0 Å². The zero-order valence-electron chi connectivity index (χ0n) is 6.56. The minimum Gasteiger partial charge on any atom is -0.464 e. The zero-order valence-corrected chi connectivity index (χ0v) is 8.14. The summed E-state index contributed by atoms with van der Waals surface area (Å²) < 4.78 is 17.2. The van der Waals surface area contributed by atoms with Gasteiger partial charge in [0.15, 0.2) is 11.5 Å². The van der Waals surface area contributed by atoms with Gasteiger partial charge in [-0.2, -0.15) is 0 Å². The fraction of sp³-hybridized carbons (Fsp3) is 0.143. The number of methoxy groups -OCH3 is 1. The highest BCUT2D eigenvalue weighted by Crippen LogP contribution is 2.08. The summed E-state index contributed by atoms with van der Waals surface area (Å²) in [5.41, 5.74) is -1.06. The van der Waals surface area contributed by atoms with Gasteiger partial charge in [0, 0.05) is 0 Å². The Bertz CT molecular complexity index is 401. The van der Waals surface area contributed by atoms with Gasteiger partial charge in [-0.25, -0.2) is 9.18 Å². The summed E-state index contributed by atoms with van der Waals surface area (Å²) in [7, 11) is 1.10. The first-order valence-corrected chi connectivity index (χ1v) is 4.02. The maximum Gasteiger partial charge on any atom is 0.357 e. The van der Waals surface area contributed by atoms with Gasteiger partial charge < -0.3 is 9.72 Å². The van der Waals surface area contributed by atoms with Crippen LogP contribution in [0.25, 0.3) is 0 Å². The normalized spacial score (nSPS) is 9.77. The number of carbonyl (C=O) groups is 1. The van der Waals surface area contributed by atoms with E-state index in [4.69, 9.17) is 0 Å². The molecule has 0 aliphatic heterocycles. The molecular weight excluding hydrogens is 245 g/mol. The summed E-state index contributed by atoms with van der Waals surface area (Å²) in [6, 6.07) is 0.908. The number of pyridine rings is 1. The average Bonchev–Trinajstić information content (AvgIpc) is 2.10. The number of halogens is 2. The minimum absolute atomic E-state index is 0.0256. The molecule has 1 heterocycles. The van der Waals surface area contributed by atoms with Crippen LogP contribution in [-0.2, 0) is 4.74 Å². The molecule has 13 heavy (non-hydrogen) atoms. The lowest BCUT2D eigenvalue weighted by atomic mass is 10.3. The van der Waals surface area contributed by atoms with E-state index in [9.17, 15) is 14.0 Å². The SMILES string of the molecule is COC(=O)c1[nH]c(=O)c(Br)cc1F. The molecule has 0 saturated heterocycles. The molecule has 0 unspecified atom stereocenters. The molecule has 6 heteroatoms. The summed E-state index contributed by atoms with van der Waals surface area (Å²) in [5, 5.41) is 0. The molecule has 0 radical (unpaired) electrons. The van der Waals surface area contributed by atoms with Crippen molar-refractivity contribution in [3.8, 4) is 0 Å². The van der Waals surface area contributed by atoms with Crippen molar-refractivity contribution >= 4 is 21.9 Å². The van der Waals surface area contributed by atoms with Gasteiger partial charge in [0.1, 0.15) is 0 Å². The minimum atomic E-state index is -0.915. The van der Waals surface area contributed by atoms with Crippen LogP contribution in [0.2, 0.25) is 0 Å². The number of esters is 1. The Morgan fingerprint density at radius 1 is 1.69 bits per heavy atom. The van der Waals surface area contributed by atoms with E-state index < -0.39 is 23.0 Å². The molecule has 0 spiro atoms. The summed E-state index contributed by atoms with van der Waals surface area (Å²) in [6.45, 7) is 0. The van der Waals surface area contributed by atoms with Crippen LogP contribution in [0.3, 0.4) is 0 Å². The van der Waals surface area contributed by atoms with Crippen molar-refractivity contribution in [3.05, 3.63) is 32.4 Å². The van der Waals surface area contributed by atoms with Crippen molar-refractivity contribution in [1.82, 2.24) is 4.98 Å². The Kier molecular flexibility index (Phi) is 2.82. The molecule has 4 nitrogen and oxygen atoms in total. The highest BCUT2D eigenvalue weighted by atomic mass is 79.9. The predicted octanol–water partition coefficient (Wildman–Crippen LogP) is 1.06. The van der Waals surface area contributed by atoms with E-state index in [1.165, 1.54) is 0 Å². The van der Waals surface area contributed by atoms with Crippen molar-refractivity contribution in [2.45, 2.75) is 0 Å². The van der Waals surface area contributed by atoms with E-state index in [1.54, 1.807) is 0 Å². The van der Waals surface area contributed by atoms with E-state index in [0.29, 0.717) is 0 Å². The lowest BCUT2D eigenvalue weighted by Gasteiger charge is -2.00. The van der Waals surface area contributed by atoms with Crippen molar-refractivity contribution in [2.24, 2.45) is 0 Å². The van der Waals surface area contributed by atoms with Crippen LogP contribution in [0.4, 0.5) is 4.39 Å². The smallest absolute Gasteiger partial charge is 0.357 e. The third-order valence-electron chi connectivity index (χ3n) is 1.34. The van der Waals surface area contributed by atoms with Crippen molar-refractivity contribution < 1.29 is 13.9 Å². The number of rotatable bonds is 1. The fourth-order valence-corrected chi connectivity index (χ4v) is 1.03. The fourth-order valence-electron chi connectivity index (χ4n) is 0.733. The molecule has 70 valence electrons. The standard InChI is InChI=1S/C7H5BrFNO3/c1-13-7(12)5-4(9)2-3(8)6(11)10-5/h2H,1H3,(H,10,11). The third-order valence-corrected chi connectivity index (χ3v) is 1.93. The van der Waals surface area contributed by atoms with Crippen LogP contribution in [0.15, 0.2) is 15.3 Å². The van der Waals surface area contributed by atoms with Gasteiger partial charge in [-0.15, -0.1) is 0 Å². The molecule has 0 aromatic carbocycles. The molecule has 0 aliphatic rings. The summed E-state index contributed by atoms with van der Waals surface area (Å²) >= 11 is 2.82. The lowest BCUT2D eigenvalue weighted by molar-refractivity contribution is 0.0588. The van der Waals surface area contributed by atoms with Crippen LogP contribution < -0.4 is 5.56 Å². The highest BCUT2D eigenvalue weighted by molar-refractivity contribution is 9.10. The monoisotopic (exact) mass is 249 g/mol. The molecule has 0 atom stereocenters. The van der Waals surface area contributed by atoms with Crippen molar-refractivity contribution in [1.29, 1.82) is 0 Å². The van der Waals surface area contributed by atoms with Gasteiger partial charge >= 0.3 is 5.97 Å². The Morgan fingerprint density at radius 3 is 2.85 bits per heavy atom. The van der Waals surface area contributed by atoms with Gasteiger partial charge in [0.2, 0.25) is 0 Å². The summed E-state index contributed by atoms with van der Waals surface area (Å²) in [6.07, 6.45) is 0. The highest BCUT2D eigenvalue weighted by Gasteiger charge is 2.14. The number of aromatic amines is 1.